The van der Waals surface area contributed by atoms with E-state index in [0.717, 1.165) is 38.1 Å². The molecule has 1 aliphatic carbocycles. The number of hydrogen-bond acceptors (Lipinski definition) is 4. The van der Waals surface area contributed by atoms with Gasteiger partial charge in [0.15, 0.2) is 5.60 Å². The zero-order valence-corrected chi connectivity index (χ0v) is 21.3. The summed E-state index contributed by atoms with van der Waals surface area (Å²) in [6.07, 6.45) is -9.67. The number of rotatable bonds is 9. The zero-order valence-electron chi connectivity index (χ0n) is 21.3. The molecule has 39 heavy (non-hydrogen) atoms. The van der Waals surface area contributed by atoms with Crippen LogP contribution >= 0.6 is 0 Å². The molecule has 0 saturated heterocycles. The largest absolute Gasteiger partial charge is 0.421 e. The van der Waals surface area contributed by atoms with Gasteiger partial charge in [0, 0.05) is 6.42 Å². The van der Waals surface area contributed by atoms with Crippen LogP contribution in [0.2, 0.25) is 0 Å². The van der Waals surface area contributed by atoms with Gasteiger partial charge in [-0.15, -0.1) is 0 Å². The minimum atomic E-state index is -4.91. The number of nitriles is 1. The predicted molar refractivity (Wildman–Crippen MR) is 129 cm³/mol. The van der Waals surface area contributed by atoms with Gasteiger partial charge in [0.2, 0.25) is 5.91 Å². The molecule has 0 spiro atoms. The van der Waals surface area contributed by atoms with Crippen LogP contribution in [-0.4, -0.2) is 40.6 Å². The van der Waals surface area contributed by atoms with Gasteiger partial charge in [-0.3, -0.25) is 10.1 Å². The lowest BCUT2D eigenvalue weighted by Crippen LogP contribution is -2.53. The summed E-state index contributed by atoms with van der Waals surface area (Å²) in [5, 5.41) is 23.7. The van der Waals surface area contributed by atoms with E-state index in [0.29, 0.717) is 30.9 Å². The molecular formula is C27H28F7N3O2. The molecule has 0 radical (unpaired) electrons. The number of aliphatic hydroxyl groups is 1. The first-order chi connectivity index (χ1) is 17.8. The van der Waals surface area contributed by atoms with Crippen molar-refractivity contribution in [2.75, 3.05) is 0 Å². The average molecular weight is 560 g/mol. The molecule has 0 aromatic heterocycles. The number of halogens is 7. The molecule has 0 bridgehead atoms. The number of nitrogens with one attached hydrogen (secondary N) is 2. The summed E-state index contributed by atoms with van der Waals surface area (Å²) in [6.45, 7) is 2.87. The third-order valence-electron chi connectivity index (χ3n) is 6.60. The maximum Gasteiger partial charge on any atom is 0.421 e. The van der Waals surface area contributed by atoms with Crippen LogP contribution in [0.4, 0.5) is 30.7 Å². The van der Waals surface area contributed by atoms with Crippen molar-refractivity contribution in [2.45, 2.75) is 81.3 Å². The van der Waals surface area contributed by atoms with Crippen molar-refractivity contribution in [1.29, 1.82) is 5.26 Å². The van der Waals surface area contributed by atoms with Gasteiger partial charge in [-0.05, 0) is 55.9 Å². The van der Waals surface area contributed by atoms with Crippen molar-refractivity contribution in [3.8, 4) is 17.2 Å². The maximum atomic E-state index is 14.4. The average Bonchev–Trinajstić information content (AvgIpc) is 3.59. The molecule has 1 saturated carbocycles. The highest BCUT2D eigenvalue weighted by molar-refractivity contribution is 5.83. The molecule has 1 amide bonds. The van der Waals surface area contributed by atoms with E-state index < -0.39 is 59.1 Å². The molecule has 2 aromatic rings. The van der Waals surface area contributed by atoms with Gasteiger partial charge in [-0.25, -0.2) is 4.39 Å². The fourth-order valence-electron chi connectivity index (χ4n) is 4.03. The van der Waals surface area contributed by atoms with Gasteiger partial charge in [0.25, 0.3) is 0 Å². The van der Waals surface area contributed by atoms with Crippen molar-refractivity contribution >= 4 is 5.91 Å². The normalized spacial score (nSPS) is 18.4. The first kappa shape index (κ1) is 30.4. The highest BCUT2D eigenvalue weighted by atomic mass is 19.4. The molecule has 1 aliphatic rings. The molecule has 0 aliphatic heterocycles. The van der Waals surface area contributed by atoms with E-state index in [2.05, 4.69) is 10.6 Å². The molecule has 5 nitrogen and oxygen atoms in total. The summed E-state index contributed by atoms with van der Waals surface area (Å²) in [5.74, 6) is -0.916. The fraction of sp³-hybridized carbons (Fsp3) is 0.481. The van der Waals surface area contributed by atoms with Crippen molar-refractivity contribution in [1.82, 2.24) is 10.6 Å². The maximum absolute atomic E-state index is 14.4. The number of carbonyl (C=O) groups excluding carboxylic acids is 1. The summed E-state index contributed by atoms with van der Waals surface area (Å²) in [7, 11) is 0. The Morgan fingerprint density at radius 2 is 1.44 bits per heavy atom. The minimum Gasteiger partial charge on any atom is -0.376 e. The van der Waals surface area contributed by atoms with Crippen LogP contribution in [0.25, 0.3) is 11.1 Å². The monoisotopic (exact) mass is 559 g/mol. The molecular weight excluding hydrogens is 531 g/mol. The second kappa shape index (κ2) is 10.4. The van der Waals surface area contributed by atoms with Gasteiger partial charge in [-0.1, -0.05) is 48.5 Å². The van der Waals surface area contributed by atoms with E-state index in [1.165, 1.54) is 24.3 Å². The van der Waals surface area contributed by atoms with E-state index >= 15 is 0 Å². The molecule has 1 fully saturated rings. The van der Waals surface area contributed by atoms with Crippen molar-refractivity contribution in [3.63, 3.8) is 0 Å². The van der Waals surface area contributed by atoms with Crippen LogP contribution in [0.1, 0.15) is 57.2 Å². The van der Waals surface area contributed by atoms with E-state index in [1.54, 1.807) is 0 Å². The quantitative estimate of drug-likeness (QED) is 0.330. The molecule has 0 heterocycles. The van der Waals surface area contributed by atoms with Gasteiger partial charge in [0.05, 0.1) is 12.1 Å². The molecule has 212 valence electrons. The van der Waals surface area contributed by atoms with Crippen LogP contribution in [0.3, 0.4) is 0 Å². The Kier molecular flexibility index (Phi) is 8.12. The molecule has 2 aromatic carbocycles. The van der Waals surface area contributed by atoms with Crippen LogP contribution in [0.15, 0.2) is 48.5 Å². The first-order valence-electron chi connectivity index (χ1n) is 12.0. The lowest BCUT2D eigenvalue weighted by Gasteiger charge is -2.30. The molecule has 12 heteroatoms. The standard InChI is InChI=1S/C27H28F7N3O2/c1-23(2,28)14-20(22(38)37-25(15-35)12-13-25)36-21(26(29,30)31)18-6-4-16(5-7-18)17-8-10-19(11-9-17)24(3,39)27(32,33)34/h4-11,20-21,36,39H,12-14H2,1-3H3,(H,37,38)/t20-,21-,24?/m0/s1. The Labute approximate surface area is 221 Å². The summed E-state index contributed by atoms with van der Waals surface area (Å²) in [4.78, 5) is 12.8. The molecule has 3 atom stereocenters. The van der Waals surface area contributed by atoms with Crippen molar-refractivity contribution in [2.24, 2.45) is 0 Å². The van der Waals surface area contributed by atoms with Gasteiger partial charge < -0.3 is 10.4 Å². The second-order valence-corrected chi connectivity index (χ2v) is 10.6. The third kappa shape index (κ3) is 7.28. The topological polar surface area (TPSA) is 85.2 Å². The fourth-order valence-corrected chi connectivity index (χ4v) is 4.03. The van der Waals surface area contributed by atoms with E-state index in [1.807, 2.05) is 6.07 Å². The van der Waals surface area contributed by atoms with Crippen LogP contribution in [0.5, 0.6) is 0 Å². The highest BCUT2D eigenvalue weighted by Crippen LogP contribution is 2.40. The molecule has 3 N–H and O–H groups in total. The first-order valence-corrected chi connectivity index (χ1v) is 12.0. The predicted octanol–water partition coefficient (Wildman–Crippen LogP) is 6.00. The second-order valence-electron chi connectivity index (χ2n) is 10.6. The van der Waals surface area contributed by atoms with Crippen molar-refractivity contribution < 1.29 is 40.6 Å². The summed E-state index contributed by atoms with van der Waals surface area (Å²) in [5.41, 5.74) is -6.13. The van der Waals surface area contributed by atoms with Gasteiger partial charge >= 0.3 is 12.4 Å². The number of nitrogens with zero attached hydrogens (tertiary/aromatic N) is 1. The number of hydrogen-bond donors (Lipinski definition) is 3. The Morgan fingerprint density at radius 1 is 0.949 bits per heavy atom. The molecule has 3 rings (SSSR count). The van der Waals surface area contributed by atoms with Crippen LogP contribution in [-0.2, 0) is 10.4 Å². The van der Waals surface area contributed by atoms with E-state index in [9.17, 15) is 45.9 Å². The summed E-state index contributed by atoms with van der Waals surface area (Å²) < 4.78 is 96.0. The SMILES string of the molecule is CC(C)(F)C[C@H](N[C@@H](c1ccc(-c2ccc(C(C)(O)C(F)(F)F)cc2)cc1)C(F)(F)F)C(=O)NC1(C#N)CC1. The highest BCUT2D eigenvalue weighted by Gasteiger charge is 2.51. The zero-order chi connectivity index (χ0) is 29.4. The number of carbonyl (C=O) groups is 1. The van der Waals surface area contributed by atoms with E-state index in [4.69, 9.17) is 0 Å². The lowest BCUT2D eigenvalue weighted by atomic mass is 9.92. The van der Waals surface area contributed by atoms with Crippen LogP contribution < -0.4 is 10.6 Å². The third-order valence-corrected chi connectivity index (χ3v) is 6.60. The summed E-state index contributed by atoms with van der Waals surface area (Å²) >= 11 is 0. The number of amides is 1. The lowest BCUT2D eigenvalue weighted by molar-refractivity contribution is -0.258. The van der Waals surface area contributed by atoms with E-state index in [-0.39, 0.29) is 5.56 Å². The molecule has 1 unspecified atom stereocenters. The van der Waals surface area contributed by atoms with Gasteiger partial charge in [-0.2, -0.15) is 31.6 Å². The smallest absolute Gasteiger partial charge is 0.376 e. The number of alkyl halides is 7. The minimum absolute atomic E-state index is 0.279. The van der Waals surface area contributed by atoms with Gasteiger partial charge in [0.1, 0.15) is 17.2 Å². The van der Waals surface area contributed by atoms with Crippen LogP contribution in [0, 0.1) is 11.3 Å². The Balaban J connectivity index is 1.86. The Hall–Kier alpha value is -3.17. The summed E-state index contributed by atoms with van der Waals surface area (Å²) in [6, 6.07) is 7.66. The number of benzene rings is 2. The van der Waals surface area contributed by atoms with Crippen molar-refractivity contribution in [3.05, 3.63) is 59.7 Å². The Morgan fingerprint density at radius 3 is 1.82 bits per heavy atom. The Bertz CT molecular complexity index is 1200.